The van der Waals surface area contributed by atoms with Crippen LogP contribution < -0.4 is 10.2 Å². The Bertz CT molecular complexity index is 980. The van der Waals surface area contributed by atoms with Crippen molar-refractivity contribution in [2.45, 2.75) is 18.2 Å². The molecule has 3 unspecified atom stereocenters. The molecule has 2 amide bonds. The highest BCUT2D eigenvalue weighted by Gasteiger charge is 2.67. The molecule has 5 rings (SSSR count). The molecule has 0 radical (unpaired) electrons. The van der Waals surface area contributed by atoms with E-state index in [0.717, 1.165) is 5.56 Å². The Labute approximate surface area is 161 Å². The van der Waals surface area contributed by atoms with Crippen molar-refractivity contribution in [3.8, 4) is 0 Å². The highest BCUT2D eigenvalue weighted by Crippen LogP contribution is 2.52. The lowest BCUT2D eigenvalue weighted by Gasteiger charge is -2.23. The second-order valence-corrected chi connectivity index (χ2v) is 7.35. The van der Waals surface area contributed by atoms with Gasteiger partial charge in [-0.2, -0.15) is 0 Å². The number of anilines is 1. The van der Waals surface area contributed by atoms with Crippen molar-refractivity contribution < 1.29 is 18.7 Å². The van der Waals surface area contributed by atoms with Crippen LogP contribution in [0.3, 0.4) is 0 Å². The van der Waals surface area contributed by atoms with E-state index >= 15 is 0 Å². The van der Waals surface area contributed by atoms with Gasteiger partial charge in [-0.3, -0.25) is 14.6 Å². The first-order chi connectivity index (χ1) is 13.6. The third kappa shape index (κ3) is 2.46. The summed E-state index contributed by atoms with van der Waals surface area (Å²) in [6, 6.07) is 9.79. The number of carbonyl (C=O) groups is 2. The number of nitrogens with one attached hydrogen (secondary N) is 1. The number of rotatable bonds is 4. The van der Waals surface area contributed by atoms with E-state index in [4.69, 9.17) is 4.74 Å². The molecule has 1 aromatic carbocycles. The Morgan fingerprint density at radius 3 is 2.86 bits per heavy atom. The first-order valence-electron chi connectivity index (χ1n) is 9.19. The quantitative estimate of drug-likeness (QED) is 0.823. The molecular weight excluding hydrogens is 361 g/mol. The van der Waals surface area contributed by atoms with Gasteiger partial charge in [0.15, 0.2) is 0 Å². The minimum atomic E-state index is -0.872. The van der Waals surface area contributed by atoms with Gasteiger partial charge in [-0.05, 0) is 29.8 Å². The summed E-state index contributed by atoms with van der Waals surface area (Å²) >= 11 is 0. The van der Waals surface area contributed by atoms with E-state index in [2.05, 4.69) is 10.3 Å². The largest absolute Gasteiger partial charge is 0.360 e. The van der Waals surface area contributed by atoms with Crippen LogP contribution in [0.5, 0.6) is 0 Å². The van der Waals surface area contributed by atoms with Gasteiger partial charge in [0.2, 0.25) is 11.8 Å². The fourth-order valence-corrected chi connectivity index (χ4v) is 4.48. The van der Waals surface area contributed by atoms with Crippen molar-refractivity contribution in [1.82, 2.24) is 10.3 Å². The molecule has 0 saturated carbocycles. The van der Waals surface area contributed by atoms with Gasteiger partial charge in [0.1, 0.15) is 11.4 Å². The predicted molar refractivity (Wildman–Crippen MR) is 98.6 cm³/mol. The van der Waals surface area contributed by atoms with Crippen LogP contribution >= 0.6 is 0 Å². The molecule has 3 aliphatic heterocycles. The van der Waals surface area contributed by atoms with Crippen molar-refractivity contribution in [1.29, 1.82) is 0 Å². The smallest absolute Gasteiger partial charge is 0.234 e. The molecule has 28 heavy (non-hydrogen) atoms. The number of halogens is 1. The molecule has 6 nitrogen and oxygen atoms in total. The Hall–Kier alpha value is -3.06. The van der Waals surface area contributed by atoms with E-state index in [-0.39, 0.29) is 24.0 Å². The van der Waals surface area contributed by atoms with Gasteiger partial charge in [0, 0.05) is 18.9 Å². The Kier molecular flexibility index (Phi) is 3.80. The minimum absolute atomic E-state index is 0.207. The zero-order valence-electron chi connectivity index (χ0n) is 14.9. The van der Waals surface area contributed by atoms with Crippen LogP contribution in [0.2, 0.25) is 0 Å². The first kappa shape index (κ1) is 17.1. The average molecular weight is 379 g/mol. The highest BCUT2D eigenvalue weighted by atomic mass is 19.1. The van der Waals surface area contributed by atoms with Gasteiger partial charge in [-0.15, -0.1) is 0 Å². The second kappa shape index (κ2) is 6.24. The molecule has 4 heterocycles. The maximum atomic E-state index is 14.3. The van der Waals surface area contributed by atoms with Crippen molar-refractivity contribution in [3.63, 3.8) is 0 Å². The van der Waals surface area contributed by atoms with Crippen molar-refractivity contribution in [2.24, 2.45) is 11.8 Å². The third-order valence-electron chi connectivity index (χ3n) is 5.76. The number of hydrogen-bond donors (Lipinski definition) is 1. The van der Waals surface area contributed by atoms with Crippen LogP contribution in [0.4, 0.5) is 10.1 Å². The third-order valence-corrected chi connectivity index (χ3v) is 5.76. The number of para-hydroxylation sites is 1. The number of fused-ring (bicyclic) bond motifs is 1. The van der Waals surface area contributed by atoms with Crippen molar-refractivity contribution in [3.05, 3.63) is 72.3 Å². The summed E-state index contributed by atoms with van der Waals surface area (Å²) in [6.45, 7) is 0.553. The van der Waals surface area contributed by atoms with Crippen LogP contribution in [-0.2, 0) is 20.9 Å². The SMILES string of the molecule is O=C(NCc1ccncc1)C1C2C=C[C@@]3(CN(c4ccccc4F)C(=O)C13)O2. The summed E-state index contributed by atoms with van der Waals surface area (Å²) in [7, 11) is 0. The Balaban J connectivity index is 1.40. The summed E-state index contributed by atoms with van der Waals surface area (Å²) < 4.78 is 20.3. The number of carbonyl (C=O) groups excluding carboxylic acids is 2. The predicted octanol–water partition coefficient (Wildman–Crippen LogP) is 1.82. The minimum Gasteiger partial charge on any atom is -0.360 e. The maximum Gasteiger partial charge on any atom is 0.234 e. The van der Waals surface area contributed by atoms with Gasteiger partial charge < -0.3 is 15.0 Å². The van der Waals surface area contributed by atoms with Crippen LogP contribution in [0, 0.1) is 17.7 Å². The molecule has 1 aromatic heterocycles. The monoisotopic (exact) mass is 379 g/mol. The number of pyridine rings is 1. The lowest BCUT2D eigenvalue weighted by molar-refractivity contribution is -0.132. The molecule has 3 aliphatic rings. The first-order valence-corrected chi connectivity index (χ1v) is 9.19. The lowest BCUT2D eigenvalue weighted by Crippen LogP contribution is -2.44. The molecule has 4 atom stereocenters. The molecule has 2 bridgehead atoms. The maximum absolute atomic E-state index is 14.3. The highest BCUT2D eigenvalue weighted by molar-refractivity contribution is 6.03. The number of hydrogen-bond acceptors (Lipinski definition) is 4. The summed E-state index contributed by atoms with van der Waals surface area (Å²) in [5, 5.41) is 2.90. The normalized spacial score (nSPS) is 30.0. The molecule has 1 spiro atoms. The zero-order valence-corrected chi connectivity index (χ0v) is 14.9. The van der Waals surface area contributed by atoms with E-state index in [1.54, 1.807) is 30.6 Å². The average Bonchev–Trinajstić information content (AvgIpc) is 3.36. The van der Waals surface area contributed by atoms with Crippen molar-refractivity contribution >= 4 is 17.5 Å². The van der Waals surface area contributed by atoms with Crippen molar-refractivity contribution in [2.75, 3.05) is 11.4 Å². The van der Waals surface area contributed by atoms with E-state index in [0.29, 0.717) is 6.54 Å². The summed E-state index contributed by atoms with van der Waals surface area (Å²) in [6.07, 6.45) is 6.58. The van der Waals surface area contributed by atoms with Crippen LogP contribution in [-0.4, -0.2) is 35.0 Å². The molecule has 2 saturated heterocycles. The zero-order chi connectivity index (χ0) is 19.3. The molecule has 1 N–H and O–H groups in total. The fraction of sp³-hybridized carbons (Fsp3) is 0.286. The van der Waals surface area contributed by atoms with Gasteiger partial charge in [0.05, 0.1) is 30.2 Å². The summed E-state index contributed by atoms with van der Waals surface area (Å²) in [4.78, 5) is 31.4. The van der Waals surface area contributed by atoms with E-state index in [9.17, 15) is 14.0 Å². The molecular formula is C21H18FN3O3. The molecule has 0 aliphatic carbocycles. The van der Waals surface area contributed by atoms with Crippen LogP contribution in [0.1, 0.15) is 5.56 Å². The summed E-state index contributed by atoms with van der Waals surface area (Å²) in [5.41, 5.74) is 0.263. The van der Waals surface area contributed by atoms with Gasteiger partial charge in [-0.25, -0.2) is 4.39 Å². The topological polar surface area (TPSA) is 71.5 Å². The van der Waals surface area contributed by atoms with Crippen LogP contribution in [0.15, 0.2) is 60.9 Å². The molecule has 142 valence electrons. The van der Waals surface area contributed by atoms with E-state index in [1.807, 2.05) is 24.3 Å². The Morgan fingerprint density at radius 2 is 2.07 bits per heavy atom. The summed E-state index contributed by atoms with van der Waals surface area (Å²) in [5.74, 6) is -2.26. The van der Waals surface area contributed by atoms with Gasteiger partial charge >= 0.3 is 0 Å². The van der Waals surface area contributed by atoms with Gasteiger partial charge in [-0.1, -0.05) is 24.3 Å². The van der Waals surface area contributed by atoms with E-state index in [1.165, 1.54) is 11.0 Å². The molecule has 2 aromatic rings. The number of aromatic nitrogens is 1. The van der Waals surface area contributed by atoms with Crippen LogP contribution in [0.25, 0.3) is 0 Å². The Morgan fingerprint density at radius 1 is 1.29 bits per heavy atom. The van der Waals surface area contributed by atoms with Gasteiger partial charge in [0.25, 0.3) is 0 Å². The number of ether oxygens (including phenoxy) is 1. The number of nitrogens with zero attached hydrogens (tertiary/aromatic N) is 2. The lowest BCUT2D eigenvalue weighted by atomic mass is 9.77. The van der Waals surface area contributed by atoms with E-state index < -0.39 is 29.4 Å². The fourth-order valence-electron chi connectivity index (χ4n) is 4.48. The second-order valence-electron chi connectivity index (χ2n) is 7.35. The standard InChI is InChI=1S/C21H18FN3O3/c22-14-3-1-2-4-15(14)25-12-21-8-5-16(28-21)17(18(21)20(25)27)19(26)24-11-13-6-9-23-10-7-13/h1-10,16-18H,11-12H2,(H,24,26)/t16?,17?,18?,21-/m0/s1. The number of amides is 2. The molecule has 7 heteroatoms. The number of benzene rings is 1. The molecule has 2 fully saturated rings.